The van der Waals surface area contributed by atoms with Crippen LogP contribution in [-0.4, -0.2) is 62.1 Å². The fourth-order valence-corrected chi connectivity index (χ4v) is 2.11. The summed E-state index contributed by atoms with van der Waals surface area (Å²) in [5.41, 5.74) is -0.905. The Morgan fingerprint density at radius 2 is 1.56 bits per heavy atom. The standard InChI is InChI=1S/C18H33N3O6/c1-17(2,21-16(25)26-5)9-13-27-18(3,4)8-10-19-14(23)6-7-15(24)20-11-12-22/h12H,6-11,13H2,1-5H3,(H,19,23)(H,20,24)(H,21,25). The van der Waals surface area contributed by atoms with Gasteiger partial charge in [0, 0.05) is 31.5 Å². The third kappa shape index (κ3) is 13.7. The van der Waals surface area contributed by atoms with Gasteiger partial charge in [0.05, 0.1) is 19.3 Å². The molecule has 0 spiro atoms. The second-order valence-corrected chi connectivity index (χ2v) is 7.43. The lowest BCUT2D eigenvalue weighted by Crippen LogP contribution is -2.44. The molecular weight excluding hydrogens is 354 g/mol. The summed E-state index contributed by atoms with van der Waals surface area (Å²) in [4.78, 5) is 44.5. The molecule has 3 amide bonds. The number of rotatable bonds is 13. The maximum atomic E-state index is 11.7. The SMILES string of the molecule is COC(=O)NC(C)(C)CCOC(C)(C)CCNC(=O)CCC(=O)NCC=O. The van der Waals surface area contributed by atoms with E-state index < -0.39 is 17.2 Å². The molecule has 9 nitrogen and oxygen atoms in total. The van der Waals surface area contributed by atoms with Gasteiger partial charge in [0.25, 0.3) is 0 Å². The molecule has 0 heterocycles. The molecule has 0 radical (unpaired) electrons. The molecule has 0 aromatic carbocycles. The minimum absolute atomic E-state index is 0.0435. The molecule has 0 saturated carbocycles. The number of hydrogen-bond acceptors (Lipinski definition) is 6. The average molecular weight is 387 g/mol. The van der Waals surface area contributed by atoms with Crippen LogP contribution in [0.3, 0.4) is 0 Å². The molecule has 3 N–H and O–H groups in total. The monoisotopic (exact) mass is 387 g/mol. The number of aldehydes is 1. The molecule has 0 bridgehead atoms. The lowest BCUT2D eigenvalue weighted by atomic mass is 10.0. The Morgan fingerprint density at radius 1 is 0.963 bits per heavy atom. The number of carbonyl (C=O) groups is 4. The molecule has 0 aliphatic carbocycles. The first-order valence-corrected chi connectivity index (χ1v) is 8.98. The average Bonchev–Trinajstić information content (AvgIpc) is 2.56. The summed E-state index contributed by atoms with van der Waals surface area (Å²) in [6.07, 6.45) is 1.42. The van der Waals surface area contributed by atoms with Crippen molar-refractivity contribution in [1.29, 1.82) is 0 Å². The second kappa shape index (κ2) is 12.3. The zero-order chi connectivity index (χ0) is 20.9. The molecular formula is C18H33N3O6. The van der Waals surface area contributed by atoms with Gasteiger partial charge in [0.15, 0.2) is 0 Å². The highest BCUT2D eigenvalue weighted by atomic mass is 16.5. The molecule has 0 aliphatic heterocycles. The first-order chi connectivity index (χ1) is 12.5. The smallest absolute Gasteiger partial charge is 0.407 e. The Labute approximate surface area is 160 Å². The Morgan fingerprint density at radius 3 is 2.11 bits per heavy atom. The maximum Gasteiger partial charge on any atom is 0.407 e. The molecule has 0 unspecified atom stereocenters. The number of methoxy groups -OCH3 is 1. The predicted molar refractivity (Wildman–Crippen MR) is 100 cm³/mol. The van der Waals surface area contributed by atoms with E-state index in [4.69, 9.17) is 4.74 Å². The van der Waals surface area contributed by atoms with Gasteiger partial charge in [-0.05, 0) is 40.5 Å². The second-order valence-electron chi connectivity index (χ2n) is 7.43. The van der Waals surface area contributed by atoms with E-state index in [9.17, 15) is 19.2 Å². The van der Waals surface area contributed by atoms with Crippen LogP contribution >= 0.6 is 0 Å². The largest absolute Gasteiger partial charge is 0.453 e. The molecule has 0 fully saturated rings. The van der Waals surface area contributed by atoms with Crippen LogP contribution in [0.15, 0.2) is 0 Å². The summed E-state index contributed by atoms with van der Waals surface area (Å²) in [6.45, 7) is 8.43. The van der Waals surface area contributed by atoms with Crippen LogP contribution in [0.25, 0.3) is 0 Å². The van der Waals surface area contributed by atoms with Crippen LogP contribution < -0.4 is 16.0 Å². The number of alkyl carbamates (subject to hydrolysis) is 1. The summed E-state index contributed by atoms with van der Waals surface area (Å²) >= 11 is 0. The summed E-state index contributed by atoms with van der Waals surface area (Å²) in [5.74, 6) is -0.556. The topological polar surface area (TPSA) is 123 Å². The van der Waals surface area contributed by atoms with Crippen molar-refractivity contribution in [3.63, 3.8) is 0 Å². The van der Waals surface area contributed by atoms with Gasteiger partial charge in [0.1, 0.15) is 6.29 Å². The van der Waals surface area contributed by atoms with E-state index in [1.807, 2.05) is 27.7 Å². The lowest BCUT2D eigenvalue weighted by molar-refractivity contribution is -0.126. The van der Waals surface area contributed by atoms with Crippen molar-refractivity contribution in [2.24, 2.45) is 0 Å². The molecule has 156 valence electrons. The van der Waals surface area contributed by atoms with Crippen molar-refractivity contribution in [3.8, 4) is 0 Å². The highest BCUT2D eigenvalue weighted by Crippen LogP contribution is 2.17. The van der Waals surface area contributed by atoms with Gasteiger partial charge in [-0.1, -0.05) is 0 Å². The normalized spacial score (nSPS) is 11.4. The minimum Gasteiger partial charge on any atom is -0.453 e. The number of nitrogens with one attached hydrogen (secondary N) is 3. The highest BCUT2D eigenvalue weighted by molar-refractivity contribution is 5.84. The van der Waals surface area contributed by atoms with E-state index in [2.05, 4.69) is 20.7 Å². The summed E-state index contributed by atoms with van der Waals surface area (Å²) in [7, 11) is 1.32. The number of carbonyl (C=O) groups excluding carboxylic acids is 4. The Hall–Kier alpha value is -2.16. The van der Waals surface area contributed by atoms with Crippen molar-refractivity contribution in [1.82, 2.24) is 16.0 Å². The summed E-state index contributed by atoms with van der Waals surface area (Å²) in [6, 6.07) is 0. The van der Waals surface area contributed by atoms with E-state index in [0.29, 0.717) is 32.3 Å². The molecule has 0 aromatic rings. The number of amides is 3. The van der Waals surface area contributed by atoms with Crippen LogP contribution in [-0.2, 0) is 23.9 Å². The van der Waals surface area contributed by atoms with Gasteiger partial charge < -0.3 is 30.2 Å². The fourth-order valence-electron chi connectivity index (χ4n) is 2.11. The van der Waals surface area contributed by atoms with Crippen LogP contribution in [0, 0.1) is 0 Å². The van der Waals surface area contributed by atoms with Crippen LogP contribution in [0.4, 0.5) is 4.79 Å². The zero-order valence-electron chi connectivity index (χ0n) is 17.0. The number of ether oxygens (including phenoxy) is 2. The van der Waals surface area contributed by atoms with Crippen molar-refractivity contribution in [2.75, 3.05) is 26.8 Å². The van der Waals surface area contributed by atoms with Crippen LogP contribution in [0.1, 0.15) is 53.4 Å². The van der Waals surface area contributed by atoms with Gasteiger partial charge in [-0.15, -0.1) is 0 Å². The molecule has 9 heteroatoms. The molecule has 27 heavy (non-hydrogen) atoms. The Kier molecular flexibility index (Phi) is 11.3. The molecule has 0 aromatic heterocycles. The maximum absolute atomic E-state index is 11.7. The van der Waals surface area contributed by atoms with Crippen LogP contribution in [0.5, 0.6) is 0 Å². The Bertz CT molecular complexity index is 505. The van der Waals surface area contributed by atoms with Crippen molar-refractivity contribution in [3.05, 3.63) is 0 Å². The van der Waals surface area contributed by atoms with Crippen molar-refractivity contribution < 1.29 is 28.7 Å². The van der Waals surface area contributed by atoms with E-state index in [1.165, 1.54) is 7.11 Å². The zero-order valence-corrected chi connectivity index (χ0v) is 17.0. The third-order valence-corrected chi connectivity index (χ3v) is 3.86. The number of hydrogen-bond donors (Lipinski definition) is 3. The van der Waals surface area contributed by atoms with Gasteiger partial charge in [0.2, 0.25) is 11.8 Å². The van der Waals surface area contributed by atoms with E-state index >= 15 is 0 Å². The fraction of sp³-hybridized carbons (Fsp3) is 0.778. The molecule has 0 atom stereocenters. The molecule has 0 aliphatic rings. The molecule has 0 saturated heterocycles. The van der Waals surface area contributed by atoms with Crippen molar-refractivity contribution in [2.45, 2.75) is 64.5 Å². The van der Waals surface area contributed by atoms with Gasteiger partial charge in [-0.2, -0.15) is 0 Å². The first-order valence-electron chi connectivity index (χ1n) is 8.98. The van der Waals surface area contributed by atoms with E-state index in [-0.39, 0.29) is 31.2 Å². The van der Waals surface area contributed by atoms with E-state index in [1.54, 1.807) is 0 Å². The summed E-state index contributed by atoms with van der Waals surface area (Å²) < 4.78 is 10.5. The third-order valence-electron chi connectivity index (χ3n) is 3.86. The first kappa shape index (κ1) is 24.8. The minimum atomic E-state index is -0.484. The Balaban J connectivity index is 4.02. The quantitative estimate of drug-likeness (QED) is 0.404. The van der Waals surface area contributed by atoms with Crippen LogP contribution in [0.2, 0.25) is 0 Å². The predicted octanol–water partition coefficient (Wildman–Crippen LogP) is 0.908. The highest BCUT2D eigenvalue weighted by Gasteiger charge is 2.24. The summed E-state index contributed by atoms with van der Waals surface area (Å²) in [5, 5.41) is 7.86. The van der Waals surface area contributed by atoms with Gasteiger partial charge in [-0.25, -0.2) is 4.79 Å². The lowest BCUT2D eigenvalue weighted by Gasteiger charge is -2.30. The van der Waals surface area contributed by atoms with Gasteiger partial charge in [-0.3, -0.25) is 9.59 Å². The molecule has 0 rings (SSSR count). The van der Waals surface area contributed by atoms with Crippen molar-refractivity contribution >= 4 is 24.2 Å². The van der Waals surface area contributed by atoms with Gasteiger partial charge >= 0.3 is 6.09 Å². The van der Waals surface area contributed by atoms with E-state index in [0.717, 1.165) is 0 Å².